The van der Waals surface area contributed by atoms with Crippen LogP contribution in [0, 0.1) is 5.92 Å². The fourth-order valence-corrected chi connectivity index (χ4v) is 1.21. The lowest BCUT2D eigenvalue weighted by Crippen LogP contribution is -2.27. The average Bonchev–Trinajstić information content (AvgIpc) is 2.25. The van der Waals surface area contributed by atoms with Crippen LogP contribution in [0.1, 0.15) is 20.8 Å². The van der Waals surface area contributed by atoms with Crippen molar-refractivity contribution in [3.63, 3.8) is 0 Å². The highest BCUT2D eigenvalue weighted by molar-refractivity contribution is 5.74. The number of hydrogen-bond acceptors (Lipinski definition) is 4. The Morgan fingerprint density at radius 3 is 2.65 bits per heavy atom. The maximum atomic E-state index is 11.6. The minimum Gasteiger partial charge on any atom is -0.479 e. The molecule has 94 valence electrons. The molecular weight excluding hydrogens is 218 g/mol. The summed E-state index contributed by atoms with van der Waals surface area (Å²) >= 11 is 0. The van der Waals surface area contributed by atoms with Gasteiger partial charge in [-0.3, -0.25) is 0 Å². The van der Waals surface area contributed by atoms with Gasteiger partial charge in [0.05, 0.1) is 6.61 Å². The summed E-state index contributed by atoms with van der Waals surface area (Å²) in [6.07, 6.45) is -0.629. The Balaban J connectivity index is 2.48. The third-order valence-electron chi connectivity index (χ3n) is 2.06. The molecule has 1 atom stereocenters. The van der Waals surface area contributed by atoms with E-state index in [4.69, 9.17) is 15.2 Å². The number of nitrogen functional groups attached to an aromatic ring is 1. The van der Waals surface area contributed by atoms with Crippen molar-refractivity contribution in [1.82, 2.24) is 0 Å². The van der Waals surface area contributed by atoms with Crippen LogP contribution in [0.4, 0.5) is 5.69 Å². The van der Waals surface area contributed by atoms with E-state index < -0.39 is 6.10 Å². The number of ether oxygens (including phenoxy) is 2. The van der Waals surface area contributed by atoms with Crippen molar-refractivity contribution in [2.24, 2.45) is 5.92 Å². The molecule has 2 N–H and O–H groups in total. The summed E-state index contributed by atoms with van der Waals surface area (Å²) in [5, 5.41) is 0. The summed E-state index contributed by atoms with van der Waals surface area (Å²) in [6, 6.07) is 6.96. The minimum atomic E-state index is -0.629. The maximum Gasteiger partial charge on any atom is 0.347 e. The highest BCUT2D eigenvalue weighted by Crippen LogP contribution is 2.16. The first-order valence-corrected chi connectivity index (χ1v) is 5.68. The Bertz CT molecular complexity index is 377. The Kier molecular flexibility index (Phi) is 4.82. The molecule has 0 amide bonds. The molecule has 1 unspecified atom stereocenters. The second-order valence-electron chi connectivity index (χ2n) is 4.36. The molecule has 0 saturated heterocycles. The third kappa shape index (κ3) is 4.76. The molecule has 0 bridgehead atoms. The largest absolute Gasteiger partial charge is 0.479 e. The van der Waals surface area contributed by atoms with Crippen LogP contribution in [-0.4, -0.2) is 18.7 Å². The van der Waals surface area contributed by atoms with Gasteiger partial charge in [-0.2, -0.15) is 0 Å². The zero-order chi connectivity index (χ0) is 12.8. The van der Waals surface area contributed by atoms with Crippen LogP contribution in [0.5, 0.6) is 5.75 Å². The van der Waals surface area contributed by atoms with Gasteiger partial charge < -0.3 is 15.2 Å². The van der Waals surface area contributed by atoms with Gasteiger partial charge in [-0.05, 0) is 25.0 Å². The van der Waals surface area contributed by atoms with Crippen LogP contribution in [-0.2, 0) is 9.53 Å². The molecule has 0 aliphatic carbocycles. The lowest BCUT2D eigenvalue weighted by molar-refractivity contribution is -0.152. The molecule has 0 heterocycles. The Morgan fingerprint density at radius 1 is 1.35 bits per heavy atom. The van der Waals surface area contributed by atoms with E-state index in [2.05, 4.69) is 0 Å². The predicted octanol–water partition coefficient (Wildman–Crippen LogP) is 2.24. The number of carbonyl (C=O) groups excluding carboxylic acids is 1. The highest BCUT2D eigenvalue weighted by atomic mass is 16.6. The quantitative estimate of drug-likeness (QED) is 0.630. The normalized spacial score (nSPS) is 12.2. The Hall–Kier alpha value is -1.71. The monoisotopic (exact) mass is 237 g/mol. The minimum absolute atomic E-state index is 0.318. The Labute approximate surface area is 102 Å². The second kappa shape index (κ2) is 6.13. The molecule has 0 fully saturated rings. The van der Waals surface area contributed by atoms with Crippen molar-refractivity contribution in [1.29, 1.82) is 0 Å². The van der Waals surface area contributed by atoms with Gasteiger partial charge in [-0.15, -0.1) is 0 Å². The van der Waals surface area contributed by atoms with Crippen molar-refractivity contribution in [2.45, 2.75) is 26.9 Å². The molecule has 1 aromatic rings. The van der Waals surface area contributed by atoms with Gasteiger partial charge >= 0.3 is 5.97 Å². The lowest BCUT2D eigenvalue weighted by atomic mass is 10.2. The first kappa shape index (κ1) is 13.4. The van der Waals surface area contributed by atoms with Gasteiger partial charge in [-0.1, -0.05) is 19.9 Å². The molecule has 0 radical (unpaired) electrons. The zero-order valence-corrected chi connectivity index (χ0v) is 10.5. The fraction of sp³-hybridized carbons (Fsp3) is 0.462. The lowest BCUT2D eigenvalue weighted by Gasteiger charge is -2.15. The first-order chi connectivity index (χ1) is 7.99. The van der Waals surface area contributed by atoms with Crippen LogP contribution in [0.2, 0.25) is 0 Å². The van der Waals surface area contributed by atoms with Crippen molar-refractivity contribution < 1.29 is 14.3 Å². The summed E-state index contributed by atoms with van der Waals surface area (Å²) in [6.45, 7) is 6.03. The van der Waals surface area contributed by atoms with Crippen LogP contribution in [0.25, 0.3) is 0 Å². The van der Waals surface area contributed by atoms with Crippen LogP contribution in [0.3, 0.4) is 0 Å². The molecule has 4 heteroatoms. The summed E-state index contributed by atoms with van der Waals surface area (Å²) in [4.78, 5) is 11.6. The first-order valence-electron chi connectivity index (χ1n) is 5.68. The molecule has 0 aliphatic heterocycles. The molecule has 17 heavy (non-hydrogen) atoms. The Morgan fingerprint density at radius 2 is 2.06 bits per heavy atom. The molecular formula is C13H19NO3. The van der Waals surface area contributed by atoms with Crippen LogP contribution >= 0.6 is 0 Å². The highest BCUT2D eigenvalue weighted by Gasteiger charge is 2.16. The molecule has 0 aliphatic rings. The summed E-state index contributed by atoms with van der Waals surface area (Å²) in [5.74, 6) is 0.527. The van der Waals surface area contributed by atoms with Gasteiger partial charge in [0.25, 0.3) is 0 Å². The van der Waals surface area contributed by atoms with Gasteiger partial charge in [-0.25, -0.2) is 4.79 Å². The number of hydrogen-bond donors (Lipinski definition) is 1. The second-order valence-corrected chi connectivity index (χ2v) is 4.36. The molecule has 0 aromatic heterocycles. The van der Waals surface area contributed by atoms with Gasteiger partial charge in [0.1, 0.15) is 5.75 Å². The topological polar surface area (TPSA) is 61.5 Å². The van der Waals surface area contributed by atoms with E-state index in [0.717, 1.165) is 0 Å². The maximum absolute atomic E-state index is 11.6. The van der Waals surface area contributed by atoms with Gasteiger partial charge in [0, 0.05) is 11.8 Å². The summed E-state index contributed by atoms with van der Waals surface area (Å²) in [5.41, 5.74) is 6.21. The van der Waals surface area contributed by atoms with E-state index in [0.29, 0.717) is 24.0 Å². The molecule has 4 nitrogen and oxygen atoms in total. The summed E-state index contributed by atoms with van der Waals surface area (Å²) in [7, 11) is 0. The molecule has 0 spiro atoms. The van der Waals surface area contributed by atoms with Crippen LogP contribution < -0.4 is 10.5 Å². The van der Waals surface area contributed by atoms with Gasteiger partial charge in [0.2, 0.25) is 0 Å². The SMILES string of the molecule is CC(C)COC(=O)C(C)Oc1cccc(N)c1. The number of carbonyl (C=O) groups is 1. The number of anilines is 1. The number of nitrogens with two attached hydrogens (primary N) is 1. The summed E-state index contributed by atoms with van der Waals surface area (Å²) < 4.78 is 10.5. The molecule has 0 saturated carbocycles. The van der Waals surface area contributed by atoms with Gasteiger partial charge in [0.15, 0.2) is 6.10 Å². The predicted molar refractivity (Wildman–Crippen MR) is 66.7 cm³/mol. The molecule has 1 aromatic carbocycles. The number of benzene rings is 1. The van der Waals surface area contributed by atoms with Crippen molar-refractivity contribution in [2.75, 3.05) is 12.3 Å². The van der Waals surface area contributed by atoms with E-state index in [1.165, 1.54) is 0 Å². The number of esters is 1. The fourth-order valence-electron chi connectivity index (χ4n) is 1.21. The number of rotatable bonds is 5. The zero-order valence-electron chi connectivity index (χ0n) is 10.5. The van der Waals surface area contributed by atoms with Crippen molar-refractivity contribution in [3.05, 3.63) is 24.3 Å². The van der Waals surface area contributed by atoms with Crippen molar-refractivity contribution in [3.8, 4) is 5.75 Å². The van der Waals surface area contributed by atoms with E-state index in [9.17, 15) is 4.79 Å². The van der Waals surface area contributed by atoms with E-state index >= 15 is 0 Å². The smallest absolute Gasteiger partial charge is 0.347 e. The van der Waals surface area contributed by atoms with Crippen LogP contribution in [0.15, 0.2) is 24.3 Å². The third-order valence-corrected chi connectivity index (χ3v) is 2.06. The molecule has 1 rings (SSSR count). The standard InChI is InChI=1S/C13H19NO3/c1-9(2)8-16-13(15)10(3)17-12-6-4-5-11(14)7-12/h4-7,9-10H,8,14H2,1-3H3. The van der Waals surface area contributed by atoms with Crippen molar-refractivity contribution >= 4 is 11.7 Å². The van der Waals surface area contributed by atoms with E-state index in [-0.39, 0.29) is 5.97 Å². The van der Waals surface area contributed by atoms with E-state index in [1.54, 1.807) is 31.2 Å². The average molecular weight is 237 g/mol. The van der Waals surface area contributed by atoms with E-state index in [1.807, 2.05) is 13.8 Å².